The lowest BCUT2D eigenvalue weighted by Gasteiger charge is -2.27. The molecule has 2 unspecified atom stereocenters. The first-order valence-corrected chi connectivity index (χ1v) is 8.22. The highest BCUT2D eigenvalue weighted by Crippen LogP contribution is 2.30. The van der Waals surface area contributed by atoms with Crippen molar-refractivity contribution in [2.45, 2.75) is 51.0 Å². The number of nitrogens with one attached hydrogen (secondary N) is 2. The first-order chi connectivity index (χ1) is 10.1. The van der Waals surface area contributed by atoms with Crippen LogP contribution in [-0.2, 0) is 17.6 Å². The second-order valence-corrected chi connectivity index (χ2v) is 6.82. The number of carbonyl (C=O) groups is 2. The molecule has 1 fully saturated rings. The summed E-state index contributed by atoms with van der Waals surface area (Å²) in [7, 11) is 0. The maximum Gasteiger partial charge on any atom is 0.321 e. The molecule has 2 aliphatic rings. The van der Waals surface area contributed by atoms with Crippen molar-refractivity contribution in [3.8, 4) is 0 Å². The number of fused-ring (bicyclic) bond motifs is 1. The average Bonchev–Trinajstić information content (AvgIpc) is 2.99. The molecule has 2 aliphatic carbocycles. The lowest BCUT2D eigenvalue weighted by Crippen LogP contribution is -2.42. The molecule has 3 N–H and O–H groups in total. The molecule has 21 heavy (non-hydrogen) atoms. The van der Waals surface area contributed by atoms with E-state index in [0.29, 0.717) is 18.0 Å². The molecule has 2 atom stereocenters. The number of aromatic nitrogens is 1. The predicted octanol–water partition coefficient (Wildman–Crippen LogP) is 2.40. The standard InChI is InChI=1S/C14H19N3O3S/c18-12(19)8-3-1-4-9(7-8)15-13(20)17-14-16-10-5-2-6-11(10)21-14/h8-9H,1-7H2,(H,18,19)(H2,15,16,17,20). The van der Waals surface area contributed by atoms with Crippen LogP contribution in [0.5, 0.6) is 0 Å². The van der Waals surface area contributed by atoms with Gasteiger partial charge in [0, 0.05) is 10.9 Å². The van der Waals surface area contributed by atoms with Crippen molar-refractivity contribution >= 4 is 28.5 Å². The number of amides is 2. The number of hydrogen-bond donors (Lipinski definition) is 3. The van der Waals surface area contributed by atoms with Crippen molar-refractivity contribution < 1.29 is 14.7 Å². The third-order valence-corrected chi connectivity index (χ3v) is 5.25. The summed E-state index contributed by atoms with van der Waals surface area (Å²) >= 11 is 1.54. The number of urea groups is 1. The van der Waals surface area contributed by atoms with E-state index in [9.17, 15) is 9.59 Å². The van der Waals surface area contributed by atoms with Crippen molar-refractivity contribution in [2.24, 2.45) is 5.92 Å². The summed E-state index contributed by atoms with van der Waals surface area (Å²) in [6, 6.07) is -0.342. The van der Waals surface area contributed by atoms with Crippen molar-refractivity contribution in [2.75, 3.05) is 5.32 Å². The number of thiazole rings is 1. The summed E-state index contributed by atoms with van der Waals surface area (Å²) in [5.74, 6) is -1.11. The molecule has 1 aromatic rings. The number of anilines is 1. The van der Waals surface area contributed by atoms with E-state index in [1.54, 1.807) is 11.3 Å². The molecule has 1 heterocycles. The molecule has 0 bridgehead atoms. The van der Waals surface area contributed by atoms with E-state index in [2.05, 4.69) is 15.6 Å². The molecule has 0 radical (unpaired) electrons. The molecule has 1 saturated carbocycles. The Morgan fingerprint density at radius 3 is 2.86 bits per heavy atom. The SMILES string of the molecule is O=C(Nc1nc2c(s1)CCC2)NC1CCCC(C(=O)O)C1. The number of carbonyl (C=O) groups excluding carboxylic acids is 1. The van der Waals surface area contributed by atoms with Crippen molar-refractivity contribution in [3.63, 3.8) is 0 Å². The largest absolute Gasteiger partial charge is 0.481 e. The van der Waals surface area contributed by atoms with Crippen LogP contribution < -0.4 is 10.6 Å². The third kappa shape index (κ3) is 3.34. The number of rotatable bonds is 3. The average molecular weight is 309 g/mol. The van der Waals surface area contributed by atoms with E-state index >= 15 is 0 Å². The Bertz CT molecular complexity index is 536. The minimum Gasteiger partial charge on any atom is -0.481 e. The van der Waals surface area contributed by atoms with Crippen LogP contribution in [0.25, 0.3) is 0 Å². The maximum atomic E-state index is 12.0. The second-order valence-electron chi connectivity index (χ2n) is 5.74. The monoisotopic (exact) mass is 309 g/mol. The first-order valence-electron chi connectivity index (χ1n) is 7.40. The molecule has 3 rings (SSSR count). The molecule has 0 spiro atoms. The van der Waals surface area contributed by atoms with Gasteiger partial charge in [-0.1, -0.05) is 6.42 Å². The summed E-state index contributed by atoms with van der Waals surface area (Å²) < 4.78 is 0. The topological polar surface area (TPSA) is 91.3 Å². The molecule has 2 amide bonds. The Hall–Kier alpha value is -1.63. The van der Waals surface area contributed by atoms with Gasteiger partial charge in [-0.3, -0.25) is 10.1 Å². The fourth-order valence-corrected chi connectivity index (χ4v) is 4.15. The summed E-state index contributed by atoms with van der Waals surface area (Å²) in [6.07, 6.45) is 6.10. The normalized spacial score (nSPS) is 24.4. The molecule has 114 valence electrons. The highest BCUT2D eigenvalue weighted by Gasteiger charge is 2.28. The van der Waals surface area contributed by atoms with Gasteiger partial charge in [0.05, 0.1) is 11.6 Å². The Morgan fingerprint density at radius 2 is 2.10 bits per heavy atom. The van der Waals surface area contributed by atoms with Crippen LogP contribution in [0.1, 0.15) is 42.7 Å². The smallest absolute Gasteiger partial charge is 0.321 e. The van der Waals surface area contributed by atoms with Gasteiger partial charge in [-0.05, 0) is 38.5 Å². The molecular formula is C14H19N3O3S. The lowest BCUT2D eigenvalue weighted by atomic mass is 9.86. The number of aryl methyl sites for hydroxylation is 2. The summed E-state index contributed by atoms with van der Waals surface area (Å²) in [4.78, 5) is 28.7. The van der Waals surface area contributed by atoms with Gasteiger partial charge in [-0.15, -0.1) is 11.3 Å². The van der Waals surface area contributed by atoms with Crippen LogP contribution >= 0.6 is 11.3 Å². The number of carboxylic acids is 1. The van der Waals surface area contributed by atoms with E-state index in [-0.39, 0.29) is 18.0 Å². The van der Waals surface area contributed by atoms with Crippen molar-refractivity contribution in [1.29, 1.82) is 0 Å². The minimum absolute atomic E-state index is 0.0633. The molecular weight excluding hydrogens is 290 g/mol. The molecule has 7 heteroatoms. The van der Waals surface area contributed by atoms with E-state index in [4.69, 9.17) is 5.11 Å². The van der Waals surface area contributed by atoms with Crippen LogP contribution in [0.15, 0.2) is 0 Å². The maximum absolute atomic E-state index is 12.0. The van der Waals surface area contributed by atoms with Gasteiger partial charge in [0.2, 0.25) is 0 Å². The summed E-state index contributed by atoms with van der Waals surface area (Å²) in [6.45, 7) is 0. The number of aliphatic carboxylic acids is 1. The molecule has 0 saturated heterocycles. The van der Waals surface area contributed by atoms with Crippen LogP contribution in [0.2, 0.25) is 0 Å². The fourth-order valence-electron chi connectivity index (χ4n) is 3.11. The van der Waals surface area contributed by atoms with Crippen molar-refractivity contribution in [3.05, 3.63) is 10.6 Å². The van der Waals surface area contributed by atoms with Gasteiger partial charge < -0.3 is 10.4 Å². The van der Waals surface area contributed by atoms with Gasteiger partial charge >= 0.3 is 12.0 Å². The second kappa shape index (κ2) is 6.01. The minimum atomic E-state index is -0.766. The zero-order valence-electron chi connectivity index (χ0n) is 11.7. The molecule has 1 aromatic heterocycles. The third-order valence-electron chi connectivity index (χ3n) is 4.17. The lowest BCUT2D eigenvalue weighted by molar-refractivity contribution is -0.143. The van der Waals surface area contributed by atoms with Crippen LogP contribution in [0, 0.1) is 5.92 Å². The number of hydrogen-bond acceptors (Lipinski definition) is 4. The molecule has 6 nitrogen and oxygen atoms in total. The van der Waals surface area contributed by atoms with Gasteiger partial charge in [0.15, 0.2) is 5.13 Å². The summed E-state index contributed by atoms with van der Waals surface area (Å²) in [5, 5.41) is 15.3. The van der Waals surface area contributed by atoms with E-state index < -0.39 is 5.97 Å². The fraction of sp³-hybridized carbons (Fsp3) is 0.643. The quantitative estimate of drug-likeness (QED) is 0.799. The van der Waals surface area contributed by atoms with E-state index in [1.165, 1.54) is 4.88 Å². The van der Waals surface area contributed by atoms with Gasteiger partial charge in [-0.25, -0.2) is 9.78 Å². The Balaban J connectivity index is 1.52. The first kappa shape index (κ1) is 14.3. The Labute approximate surface area is 127 Å². The van der Waals surface area contributed by atoms with Crippen molar-refractivity contribution in [1.82, 2.24) is 10.3 Å². The Kier molecular flexibility index (Phi) is 4.10. The predicted molar refractivity (Wildman–Crippen MR) is 79.7 cm³/mol. The zero-order chi connectivity index (χ0) is 14.8. The van der Waals surface area contributed by atoms with E-state index in [0.717, 1.165) is 37.8 Å². The van der Waals surface area contributed by atoms with Crippen LogP contribution in [0.3, 0.4) is 0 Å². The highest BCUT2D eigenvalue weighted by molar-refractivity contribution is 7.15. The molecule has 0 aromatic carbocycles. The van der Waals surface area contributed by atoms with Crippen LogP contribution in [-0.4, -0.2) is 28.1 Å². The zero-order valence-corrected chi connectivity index (χ0v) is 12.5. The van der Waals surface area contributed by atoms with Crippen LogP contribution in [0.4, 0.5) is 9.93 Å². The number of nitrogens with zero attached hydrogens (tertiary/aromatic N) is 1. The highest BCUT2D eigenvalue weighted by atomic mass is 32.1. The molecule has 0 aliphatic heterocycles. The number of carboxylic acid groups (broad SMARTS) is 1. The van der Waals surface area contributed by atoms with Gasteiger partial charge in [0.25, 0.3) is 0 Å². The summed E-state index contributed by atoms with van der Waals surface area (Å²) in [5.41, 5.74) is 1.11. The Morgan fingerprint density at radius 1 is 1.24 bits per heavy atom. The van der Waals surface area contributed by atoms with Gasteiger partial charge in [0.1, 0.15) is 0 Å². The van der Waals surface area contributed by atoms with Gasteiger partial charge in [-0.2, -0.15) is 0 Å². The van der Waals surface area contributed by atoms with E-state index in [1.807, 2.05) is 0 Å².